The van der Waals surface area contributed by atoms with Gasteiger partial charge in [-0.25, -0.2) is 4.79 Å². The number of thioether (sulfide) groups is 1. The third kappa shape index (κ3) is 6.66. The van der Waals surface area contributed by atoms with E-state index in [1.807, 2.05) is 0 Å². The normalized spacial score (nSPS) is 18.8. The minimum Gasteiger partial charge on any atom is -0.481 e. The first-order valence-electron chi connectivity index (χ1n) is 8.32. The molecule has 3 N–H and O–H groups in total. The molecule has 3 atom stereocenters. The summed E-state index contributed by atoms with van der Waals surface area (Å²) in [4.78, 5) is 59.2. The molecule has 1 saturated heterocycles. The first kappa shape index (κ1) is 21.9. The lowest BCUT2D eigenvalue weighted by Gasteiger charge is -2.27. The molecule has 1 aliphatic rings. The van der Waals surface area contributed by atoms with E-state index in [1.165, 1.54) is 11.8 Å². The summed E-state index contributed by atoms with van der Waals surface area (Å²) in [6.45, 7) is 3.48. The summed E-state index contributed by atoms with van der Waals surface area (Å²) in [6, 6.07) is -2.10. The Bertz CT molecular complexity index is 581. The lowest BCUT2D eigenvalue weighted by atomic mass is 10.1. The van der Waals surface area contributed by atoms with Crippen LogP contribution in [0.5, 0.6) is 0 Å². The molecule has 10 heteroatoms. The van der Waals surface area contributed by atoms with Crippen LogP contribution in [0.25, 0.3) is 0 Å². The van der Waals surface area contributed by atoms with Crippen LogP contribution in [0.2, 0.25) is 0 Å². The molecule has 0 aromatic carbocycles. The number of rotatable bonds is 9. The van der Waals surface area contributed by atoms with Crippen LogP contribution in [0.15, 0.2) is 0 Å². The summed E-state index contributed by atoms with van der Waals surface area (Å²) < 4.78 is 0. The zero-order valence-electron chi connectivity index (χ0n) is 14.8. The number of likely N-dealkylation sites (tertiary alicyclic amines) is 1. The Morgan fingerprint density at radius 3 is 2.42 bits per heavy atom. The third-order valence-electron chi connectivity index (χ3n) is 4.06. The van der Waals surface area contributed by atoms with Gasteiger partial charge in [-0.15, -0.1) is 0 Å². The molecular formula is C16H24N2O7S. The molecule has 1 aliphatic heterocycles. The molecular weight excluding hydrogens is 364 g/mol. The molecule has 0 aromatic heterocycles. The average Bonchev–Trinajstić information content (AvgIpc) is 3.04. The highest BCUT2D eigenvalue weighted by atomic mass is 32.2. The van der Waals surface area contributed by atoms with Crippen LogP contribution in [0.4, 0.5) is 0 Å². The van der Waals surface area contributed by atoms with Gasteiger partial charge in [-0.05, 0) is 19.3 Å². The summed E-state index contributed by atoms with van der Waals surface area (Å²) in [6.07, 6.45) is 0.408. The average molecular weight is 388 g/mol. The molecule has 9 nitrogen and oxygen atoms in total. The Morgan fingerprint density at radius 1 is 1.23 bits per heavy atom. The van der Waals surface area contributed by atoms with Gasteiger partial charge in [0.2, 0.25) is 11.8 Å². The molecule has 2 amide bonds. The van der Waals surface area contributed by atoms with Crippen molar-refractivity contribution in [3.8, 4) is 0 Å². The van der Waals surface area contributed by atoms with E-state index < -0.39 is 35.8 Å². The first-order chi connectivity index (χ1) is 12.1. The number of carbonyl (C=O) groups excluding carboxylic acids is 3. The zero-order valence-corrected chi connectivity index (χ0v) is 15.6. The molecule has 26 heavy (non-hydrogen) atoms. The van der Waals surface area contributed by atoms with E-state index in [4.69, 9.17) is 10.2 Å². The summed E-state index contributed by atoms with van der Waals surface area (Å²) in [5.74, 6) is -3.45. The number of hydrogen-bond donors (Lipinski definition) is 3. The molecule has 0 radical (unpaired) electrons. The molecule has 1 rings (SSSR count). The number of hydrogen-bond acceptors (Lipinski definition) is 6. The number of carboxylic acids is 2. The Hall–Kier alpha value is -2.10. The van der Waals surface area contributed by atoms with E-state index in [0.717, 1.165) is 11.8 Å². The topological polar surface area (TPSA) is 141 Å². The Kier molecular flexibility index (Phi) is 8.56. The second kappa shape index (κ2) is 10.1. The van der Waals surface area contributed by atoms with Crippen molar-refractivity contribution < 1.29 is 34.2 Å². The van der Waals surface area contributed by atoms with Gasteiger partial charge in [0, 0.05) is 31.6 Å². The van der Waals surface area contributed by atoms with Crippen molar-refractivity contribution in [2.24, 2.45) is 5.92 Å². The lowest BCUT2D eigenvalue weighted by Crippen LogP contribution is -2.52. The number of carboxylic acid groups (broad SMARTS) is 2. The maximum absolute atomic E-state index is 12.5. The van der Waals surface area contributed by atoms with Gasteiger partial charge in [0.15, 0.2) is 5.12 Å². The second-order valence-electron chi connectivity index (χ2n) is 6.23. The first-order valence-corrected chi connectivity index (χ1v) is 9.30. The summed E-state index contributed by atoms with van der Waals surface area (Å²) in [7, 11) is 0. The highest BCUT2D eigenvalue weighted by Crippen LogP contribution is 2.22. The van der Waals surface area contributed by atoms with E-state index in [-0.39, 0.29) is 23.9 Å². The summed E-state index contributed by atoms with van der Waals surface area (Å²) in [5, 5.41) is 20.0. The van der Waals surface area contributed by atoms with Crippen LogP contribution < -0.4 is 5.32 Å². The van der Waals surface area contributed by atoms with E-state index in [9.17, 15) is 24.0 Å². The van der Waals surface area contributed by atoms with Gasteiger partial charge < -0.3 is 20.4 Å². The van der Waals surface area contributed by atoms with Crippen LogP contribution in [-0.2, 0) is 24.0 Å². The van der Waals surface area contributed by atoms with Gasteiger partial charge in [-0.2, -0.15) is 0 Å². The quantitative estimate of drug-likeness (QED) is 0.513. The van der Waals surface area contributed by atoms with Gasteiger partial charge in [-0.1, -0.05) is 18.7 Å². The fourth-order valence-electron chi connectivity index (χ4n) is 2.69. The third-order valence-corrected chi connectivity index (χ3v) is 5.13. The van der Waals surface area contributed by atoms with Gasteiger partial charge in [-0.3, -0.25) is 19.2 Å². The predicted octanol–water partition coefficient (Wildman–Crippen LogP) is 0.327. The molecule has 1 unspecified atom stereocenters. The van der Waals surface area contributed by atoms with Crippen molar-refractivity contribution in [2.75, 3.05) is 12.3 Å². The van der Waals surface area contributed by atoms with Gasteiger partial charge in [0.1, 0.15) is 12.1 Å². The number of nitrogens with zero attached hydrogens (tertiary/aromatic N) is 1. The van der Waals surface area contributed by atoms with Crippen LogP contribution in [0.3, 0.4) is 0 Å². The fourth-order valence-corrected chi connectivity index (χ4v) is 3.32. The predicted molar refractivity (Wildman–Crippen MR) is 93.5 cm³/mol. The minimum absolute atomic E-state index is 0.0944. The highest BCUT2D eigenvalue weighted by Gasteiger charge is 2.37. The maximum atomic E-state index is 12.5. The van der Waals surface area contributed by atoms with Crippen molar-refractivity contribution in [1.29, 1.82) is 0 Å². The second-order valence-corrected chi connectivity index (χ2v) is 7.42. The lowest BCUT2D eigenvalue weighted by molar-refractivity contribution is -0.145. The molecule has 0 saturated carbocycles. The van der Waals surface area contributed by atoms with Gasteiger partial charge in [0.25, 0.3) is 0 Å². The Labute approximate surface area is 155 Å². The Morgan fingerprint density at radius 2 is 1.88 bits per heavy atom. The van der Waals surface area contributed by atoms with Crippen LogP contribution in [0.1, 0.15) is 39.5 Å². The van der Waals surface area contributed by atoms with Crippen molar-refractivity contribution in [1.82, 2.24) is 10.2 Å². The standard InChI is InChI=1S/C16H24N2O7S/c1-9(8-26-10(2)19)15(23)18-7-3-4-12(18)14(22)17-11(16(24)25)5-6-13(20)21/h9,11-12H,3-8H2,1-2H3,(H,17,22)(H,20,21)(H,24,25)/t9?,11-,12-/m0/s1. The van der Waals surface area contributed by atoms with E-state index in [1.54, 1.807) is 6.92 Å². The molecule has 0 bridgehead atoms. The highest BCUT2D eigenvalue weighted by molar-refractivity contribution is 8.13. The van der Waals surface area contributed by atoms with Crippen molar-refractivity contribution >= 4 is 40.6 Å². The van der Waals surface area contributed by atoms with E-state index in [2.05, 4.69) is 5.32 Å². The molecule has 0 spiro atoms. The van der Waals surface area contributed by atoms with Crippen LogP contribution >= 0.6 is 11.8 Å². The smallest absolute Gasteiger partial charge is 0.326 e. The van der Waals surface area contributed by atoms with Crippen molar-refractivity contribution in [3.63, 3.8) is 0 Å². The van der Waals surface area contributed by atoms with Crippen molar-refractivity contribution in [3.05, 3.63) is 0 Å². The Balaban J connectivity index is 2.71. The van der Waals surface area contributed by atoms with Crippen LogP contribution in [-0.4, -0.2) is 68.4 Å². The minimum atomic E-state index is -1.32. The molecule has 146 valence electrons. The number of amides is 2. The molecule has 0 aromatic rings. The van der Waals surface area contributed by atoms with Gasteiger partial charge in [0.05, 0.1) is 0 Å². The SMILES string of the molecule is CC(=O)SCC(C)C(=O)N1CCC[C@H]1C(=O)N[C@@H](CCC(=O)O)C(=O)O. The molecule has 0 aliphatic carbocycles. The fraction of sp³-hybridized carbons (Fsp3) is 0.688. The number of carbonyl (C=O) groups is 5. The summed E-state index contributed by atoms with van der Waals surface area (Å²) in [5.41, 5.74) is 0. The number of aliphatic carboxylic acids is 2. The van der Waals surface area contributed by atoms with Crippen molar-refractivity contribution in [2.45, 2.75) is 51.6 Å². The molecule has 1 heterocycles. The maximum Gasteiger partial charge on any atom is 0.326 e. The van der Waals surface area contributed by atoms with E-state index >= 15 is 0 Å². The summed E-state index contributed by atoms with van der Waals surface area (Å²) >= 11 is 1.04. The van der Waals surface area contributed by atoms with Crippen LogP contribution in [0, 0.1) is 5.92 Å². The van der Waals surface area contributed by atoms with E-state index in [0.29, 0.717) is 25.1 Å². The molecule has 1 fully saturated rings. The largest absolute Gasteiger partial charge is 0.481 e. The monoisotopic (exact) mass is 388 g/mol. The zero-order chi connectivity index (χ0) is 19.9. The van der Waals surface area contributed by atoms with Gasteiger partial charge >= 0.3 is 11.9 Å². The number of nitrogens with one attached hydrogen (secondary N) is 1.